The number of ether oxygens (including phenoxy) is 1. The van der Waals surface area contributed by atoms with E-state index < -0.39 is 0 Å². The normalized spacial score (nSPS) is 41.5. The van der Waals surface area contributed by atoms with Gasteiger partial charge in [-0.2, -0.15) is 0 Å². The number of carbonyl (C=O) groups excluding carboxylic acids is 1. The van der Waals surface area contributed by atoms with Crippen LogP contribution in [0.5, 0.6) is 0 Å². The number of piperidine rings is 2. The zero-order valence-corrected chi connectivity index (χ0v) is 27.9. The monoisotopic (exact) mass is 632 g/mol. The molecule has 3 spiro atoms. The fraction of sp³-hybridized carbons (Fsp3) is 0.625. The molecular formula is C40H48N4O3. The predicted molar refractivity (Wildman–Crippen MR) is 182 cm³/mol. The minimum atomic E-state index is -0.381. The van der Waals surface area contributed by atoms with Crippen LogP contribution >= 0.6 is 0 Å². The molecular weight excluding hydrogens is 584 g/mol. The van der Waals surface area contributed by atoms with Crippen LogP contribution in [0.15, 0.2) is 42.5 Å². The Balaban J connectivity index is 1.14. The highest BCUT2D eigenvalue weighted by atomic mass is 16.5. The number of anilines is 1. The Hall–Kier alpha value is -2.87. The first kappa shape index (κ1) is 28.0. The number of rotatable bonds is 3. The lowest BCUT2D eigenvalue weighted by atomic mass is 9.39. The highest BCUT2D eigenvalue weighted by Gasteiger charge is 2.79. The molecule has 7 heterocycles. The number of para-hydroxylation sites is 1. The molecule has 2 aromatic carbocycles. The molecule has 2 bridgehead atoms. The van der Waals surface area contributed by atoms with Crippen molar-refractivity contribution in [3.05, 3.63) is 64.8 Å². The smallest absolute Gasteiger partial charge is 0.311 e. The number of nitrogens with zero attached hydrogens (tertiary/aromatic N) is 3. The summed E-state index contributed by atoms with van der Waals surface area (Å²) in [5.74, 6) is -0.134. The van der Waals surface area contributed by atoms with E-state index in [0.29, 0.717) is 6.04 Å². The van der Waals surface area contributed by atoms with Crippen LogP contribution in [0.3, 0.4) is 0 Å². The third kappa shape index (κ3) is 3.03. The Morgan fingerprint density at radius 2 is 1.83 bits per heavy atom. The van der Waals surface area contributed by atoms with Crippen molar-refractivity contribution in [3.63, 3.8) is 0 Å². The van der Waals surface area contributed by atoms with Gasteiger partial charge in [0.2, 0.25) is 0 Å². The van der Waals surface area contributed by atoms with Crippen molar-refractivity contribution in [3.8, 4) is 0 Å². The molecule has 0 amide bonds. The fourth-order valence-electron chi connectivity index (χ4n) is 14.3. The number of aliphatic hydroxyl groups excluding tert-OH is 1. The minimum Gasteiger partial charge on any atom is -0.469 e. The molecule has 12 rings (SSSR count). The zero-order valence-electron chi connectivity index (χ0n) is 27.9. The van der Waals surface area contributed by atoms with Gasteiger partial charge in [-0.3, -0.25) is 14.6 Å². The van der Waals surface area contributed by atoms with Crippen molar-refractivity contribution < 1.29 is 14.6 Å². The van der Waals surface area contributed by atoms with Gasteiger partial charge < -0.3 is 19.7 Å². The number of hydrogen-bond acceptors (Lipinski definition) is 6. The van der Waals surface area contributed by atoms with E-state index in [0.717, 1.165) is 64.6 Å². The molecule has 2 N–H and O–H groups in total. The first-order chi connectivity index (χ1) is 22.9. The zero-order chi connectivity index (χ0) is 31.5. The van der Waals surface area contributed by atoms with Crippen LogP contribution in [-0.4, -0.2) is 76.4 Å². The maximum Gasteiger partial charge on any atom is 0.311 e. The molecule has 0 radical (unpaired) electrons. The minimum absolute atomic E-state index is 0.0176. The number of benzene rings is 2. The van der Waals surface area contributed by atoms with Crippen LogP contribution < -0.4 is 5.32 Å². The summed E-state index contributed by atoms with van der Waals surface area (Å²) in [4.78, 5) is 19.3. The Bertz CT molecular complexity index is 1870. The average molecular weight is 633 g/mol. The van der Waals surface area contributed by atoms with Gasteiger partial charge in [-0.15, -0.1) is 0 Å². The summed E-state index contributed by atoms with van der Waals surface area (Å²) in [5, 5.41) is 17.3. The van der Waals surface area contributed by atoms with Gasteiger partial charge in [-0.05, 0) is 125 Å². The molecule has 246 valence electrons. The molecule has 3 saturated carbocycles. The third-order valence-electron chi connectivity index (χ3n) is 15.8. The summed E-state index contributed by atoms with van der Waals surface area (Å²) in [6.07, 6.45) is 10.7. The van der Waals surface area contributed by atoms with E-state index in [1.807, 2.05) is 0 Å². The van der Waals surface area contributed by atoms with E-state index in [1.54, 1.807) is 7.11 Å². The maximum absolute atomic E-state index is 13.7. The molecule has 7 nitrogen and oxygen atoms in total. The van der Waals surface area contributed by atoms with Crippen molar-refractivity contribution >= 4 is 22.6 Å². The Morgan fingerprint density at radius 1 is 0.979 bits per heavy atom. The van der Waals surface area contributed by atoms with Crippen LogP contribution in [0.4, 0.5) is 5.69 Å². The predicted octanol–water partition coefficient (Wildman–Crippen LogP) is 5.94. The Kier molecular flexibility index (Phi) is 5.38. The number of hydrogen-bond donors (Lipinski definition) is 2. The molecule has 1 aromatic heterocycles. The third-order valence-corrected chi connectivity index (χ3v) is 15.8. The van der Waals surface area contributed by atoms with E-state index in [-0.39, 0.29) is 51.9 Å². The van der Waals surface area contributed by atoms with Gasteiger partial charge in [-0.25, -0.2) is 0 Å². The summed E-state index contributed by atoms with van der Waals surface area (Å²) in [6.45, 7) is 6.59. The highest BCUT2D eigenvalue weighted by Crippen LogP contribution is 2.74. The van der Waals surface area contributed by atoms with Gasteiger partial charge >= 0.3 is 5.97 Å². The van der Waals surface area contributed by atoms with Crippen LogP contribution in [0.2, 0.25) is 0 Å². The molecule has 9 atom stereocenters. The molecule has 47 heavy (non-hydrogen) atoms. The molecule has 7 heteroatoms. The van der Waals surface area contributed by atoms with Crippen LogP contribution in [0.1, 0.15) is 99.2 Å². The number of esters is 1. The van der Waals surface area contributed by atoms with Gasteiger partial charge in [0, 0.05) is 45.7 Å². The van der Waals surface area contributed by atoms with E-state index >= 15 is 0 Å². The molecule has 3 aliphatic carbocycles. The van der Waals surface area contributed by atoms with Gasteiger partial charge in [-0.1, -0.05) is 30.3 Å². The van der Waals surface area contributed by atoms with Gasteiger partial charge in [0.05, 0.1) is 36.8 Å². The van der Waals surface area contributed by atoms with Gasteiger partial charge in [0.15, 0.2) is 0 Å². The lowest BCUT2D eigenvalue weighted by molar-refractivity contribution is -0.171. The average Bonchev–Trinajstić information content (AvgIpc) is 3.76. The maximum atomic E-state index is 13.7. The molecule has 0 unspecified atom stereocenters. The van der Waals surface area contributed by atoms with Crippen LogP contribution in [0.25, 0.3) is 10.9 Å². The van der Waals surface area contributed by atoms with E-state index in [1.165, 1.54) is 64.8 Å². The first-order valence-electron chi connectivity index (χ1n) is 18.7. The summed E-state index contributed by atoms with van der Waals surface area (Å²) < 4.78 is 8.32. The summed E-state index contributed by atoms with van der Waals surface area (Å²) in [5.41, 5.74) is 8.06. The standard InChI is InChI=1S/C40H48N4O3/c1-24(45)38-13-6-17-42-19-11-27-26-7-3-4-8-31(26)44(33(27)34(38)42)32(23-38)25-9-10-30-28(21-25)39-16-20-43-18-5-12-37(36(39)43)14-15-40(39,41-30)29(22-37)35(46)47-2/h3-4,7-10,21,24,29,32,34,36,41,45H,5-6,11-20,22-23H2,1-2H3/t24-,29+,32+,34+,36+,37-,38-,39-,40-/m1/s1. The largest absolute Gasteiger partial charge is 0.469 e. The van der Waals surface area contributed by atoms with E-state index in [2.05, 4.69) is 69.1 Å². The van der Waals surface area contributed by atoms with E-state index in [4.69, 9.17) is 4.74 Å². The molecule has 6 fully saturated rings. The second kappa shape index (κ2) is 9.02. The lowest BCUT2D eigenvalue weighted by Crippen LogP contribution is -2.76. The number of nitrogens with one attached hydrogen (secondary N) is 1. The molecule has 3 saturated heterocycles. The SMILES string of the molecule is COC(=O)[C@@H]1C[C@@]23CCCN4CC[C@@]5(c6cc([C@@H]7C[C@@]8([C@@H](C)O)CCCN9CCc%10c(n7c7ccccc%107)[C@H]98)ccc6N[C@]15CC2)[C@@H]43. The second-order valence-corrected chi connectivity index (χ2v) is 17.0. The number of methoxy groups -OCH3 is 1. The number of carbonyl (C=O) groups is 1. The van der Waals surface area contributed by atoms with Crippen molar-refractivity contribution in [2.45, 2.75) is 106 Å². The second-order valence-electron chi connectivity index (χ2n) is 17.0. The highest BCUT2D eigenvalue weighted by molar-refractivity contribution is 5.87. The fourth-order valence-corrected chi connectivity index (χ4v) is 14.3. The number of aromatic nitrogens is 1. The Labute approximate surface area is 277 Å². The lowest BCUT2D eigenvalue weighted by Gasteiger charge is -2.69. The van der Waals surface area contributed by atoms with Crippen molar-refractivity contribution in [2.24, 2.45) is 16.7 Å². The number of aliphatic hydroxyl groups is 1. The van der Waals surface area contributed by atoms with E-state index in [9.17, 15) is 9.90 Å². The van der Waals surface area contributed by atoms with Crippen molar-refractivity contribution in [2.75, 3.05) is 38.6 Å². The first-order valence-corrected chi connectivity index (χ1v) is 18.7. The van der Waals surface area contributed by atoms with Crippen LogP contribution in [0, 0.1) is 16.7 Å². The Morgan fingerprint density at radius 3 is 2.70 bits per heavy atom. The topological polar surface area (TPSA) is 70.0 Å². The van der Waals surface area contributed by atoms with Crippen LogP contribution in [-0.2, 0) is 21.4 Å². The van der Waals surface area contributed by atoms with Crippen molar-refractivity contribution in [1.82, 2.24) is 14.4 Å². The summed E-state index contributed by atoms with van der Waals surface area (Å²) in [7, 11) is 1.59. The van der Waals surface area contributed by atoms with Gasteiger partial charge in [0.25, 0.3) is 0 Å². The quantitative estimate of drug-likeness (QED) is 0.349. The summed E-state index contributed by atoms with van der Waals surface area (Å²) in [6, 6.07) is 17.4. The summed E-state index contributed by atoms with van der Waals surface area (Å²) >= 11 is 0. The molecule has 3 aromatic rings. The molecule has 9 aliphatic rings. The molecule has 6 aliphatic heterocycles. The van der Waals surface area contributed by atoms with Gasteiger partial charge in [0.1, 0.15) is 0 Å². The number of fused-ring (bicyclic) bond motifs is 6. The van der Waals surface area contributed by atoms with Crippen molar-refractivity contribution in [1.29, 1.82) is 0 Å².